The van der Waals surface area contributed by atoms with Crippen molar-refractivity contribution in [2.75, 3.05) is 0 Å². The summed E-state index contributed by atoms with van der Waals surface area (Å²) < 4.78 is 2.33. The lowest BCUT2D eigenvalue weighted by atomic mass is 9.79. The maximum absolute atomic E-state index is 2.36. The van der Waals surface area contributed by atoms with Crippen LogP contribution in [0.15, 0.2) is 164 Å². The van der Waals surface area contributed by atoms with Crippen LogP contribution in [-0.2, 0) is 13.5 Å². The van der Waals surface area contributed by atoms with E-state index in [9.17, 15) is 0 Å². The van der Waals surface area contributed by atoms with Gasteiger partial charge in [-0.3, -0.25) is 0 Å². The number of hydrogen-bond acceptors (Lipinski definition) is 0. The first-order chi connectivity index (χ1) is 22.6. The molecule has 1 nitrogen and oxygen atoms in total. The lowest BCUT2D eigenvalue weighted by Gasteiger charge is -2.25. The number of rotatable bonds is 7. The molecule has 1 heteroatoms. The molecule has 0 bridgehead atoms. The normalized spacial score (nSPS) is 12.9. The van der Waals surface area contributed by atoms with Gasteiger partial charge < -0.3 is 4.57 Å². The topological polar surface area (TPSA) is 4.93 Å². The molecule has 0 aliphatic carbocycles. The average molecular weight is 592 g/mol. The van der Waals surface area contributed by atoms with E-state index in [1.807, 2.05) is 0 Å². The summed E-state index contributed by atoms with van der Waals surface area (Å²) in [6.07, 6.45) is 1.00. The first-order valence-corrected chi connectivity index (χ1v) is 16.3. The lowest BCUT2D eigenvalue weighted by molar-refractivity contribution is 0.572. The summed E-state index contributed by atoms with van der Waals surface area (Å²) in [6.45, 7) is 2.36. The van der Waals surface area contributed by atoms with Crippen molar-refractivity contribution in [3.05, 3.63) is 180 Å². The summed E-state index contributed by atoms with van der Waals surface area (Å²) in [7, 11) is 2.18. The Kier molecular flexibility index (Phi) is 7.23. The van der Waals surface area contributed by atoms with Gasteiger partial charge in [0.2, 0.25) is 0 Å². The van der Waals surface area contributed by atoms with Crippen LogP contribution in [0.1, 0.15) is 35.4 Å². The van der Waals surface area contributed by atoms with Crippen LogP contribution in [0.25, 0.3) is 54.8 Å². The van der Waals surface area contributed by atoms with E-state index in [2.05, 4.69) is 182 Å². The fourth-order valence-corrected chi connectivity index (χ4v) is 7.38. The molecule has 0 fully saturated rings. The molecule has 1 heterocycles. The molecule has 46 heavy (non-hydrogen) atoms. The van der Waals surface area contributed by atoms with Crippen LogP contribution >= 0.6 is 0 Å². The molecule has 2 atom stereocenters. The van der Waals surface area contributed by atoms with Crippen molar-refractivity contribution in [2.45, 2.75) is 25.2 Å². The number of nitrogens with zero attached hydrogens (tertiary/aromatic N) is 1. The highest BCUT2D eigenvalue weighted by atomic mass is 14.9. The van der Waals surface area contributed by atoms with Crippen LogP contribution in [0.5, 0.6) is 0 Å². The van der Waals surface area contributed by atoms with E-state index in [4.69, 9.17) is 0 Å². The first kappa shape index (κ1) is 28.1. The molecule has 7 aromatic carbocycles. The van der Waals surface area contributed by atoms with Crippen molar-refractivity contribution in [1.29, 1.82) is 0 Å². The Morgan fingerprint density at radius 3 is 1.74 bits per heavy atom. The molecule has 222 valence electrons. The summed E-state index contributed by atoms with van der Waals surface area (Å²) >= 11 is 0. The number of fused-ring (bicyclic) bond motifs is 4. The van der Waals surface area contributed by atoms with Crippen molar-refractivity contribution in [2.24, 2.45) is 7.05 Å². The van der Waals surface area contributed by atoms with Gasteiger partial charge in [0.15, 0.2) is 0 Å². The monoisotopic (exact) mass is 591 g/mol. The zero-order valence-corrected chi connectivity index (χ0v) is 26.4. The van der Waals surface area contributed by atoms with Gasteiger partial charge in [0.25, 0.3) is 0 Å². The van der Waals surface area contributed by atoms with Gasteiger partial charge in [-0.05, 0) is 86.2 Å². The SMILES string of the molecule is CC(c1ccccc1)C(Cc1ccc(-c2ccc(-c3cccc4c3c3cc5ccccc5cc3n4C)cc2)cc1)c1ccccc1. The highest BCUT2D eigenvalue weighted by Crippen LogP contribution is 2.39. The van der Waals surface area contributed by atoms with E-state index in [-0.39, 0.29) is 0 Å². The van der Waals surface area contributed by atoms with Gasteiger partial charge in [0, 0.05) is 28.9 Å². The molecule has 0 aliphatic heterocycles. The van der Waals surface area contributed by atoms with Crippen LogP contribution in [-0.4, -0.2) is 4.57 Å². The van der Waals surface area contributed by atoms with Gasteiger partial charge in [-0.2, -0.15) is 0 Å². The van der Waals surface area contributed by atoms with Crippen molar-refractivity contribution in [3.8, 4) is 22.3 Å². The highest BCUT2D eigenvalue weighted by Gasteiger charge is 2.21. The zero-order valence-electron chi connectivity index (χ0n) is 26.4. The van der Waals surface area contributed by atoms with Gasteiger partial charge in [-0.1, -0.05) is 153 Å². The predicted molar refractivity (Wildman–Crippen MR) is 197 cm³/mol. The summed E-state index contributed by atoms with van der Waals surface area (Å²) in [5, 5.41) is 5.18. The first-order valence-electron chi connectivity index (χ1n) is 16.3. The van der Waals surface area contributed by atoms with Gasteiger partial charge in [-0.25, -0.2) is 0 Å². The molecule has 0 amide bonds. The predicted octanol–water partition coefficient (Wildman–Crippen LogP) is 11.9. The quantitative estimate of drug-likeness (QED) is 0.174. The minimum atomic E-state index is 0.406. The standard InChI is InChI=1S/C45H37N/c1-31(33-12-5-3-6-13-33)41(36-14-7-4-8-15-36)28-32-20-22-34(23-21-32)35-24-26-37(27-25-35)40-18-11-19-43-45(40)42-29-38-16-9-10-17-39(38)30-44(42)46(43)2/h3-27,29-31,41H,28H2,1-2H3. The largest absolute Gasteiger partial charge is 0.344 e. The Morgan fingerprint density at radius 1 is 0.500 bits per heavy atom. The Morgan fingerprint density at radius 2 is 1.07 bits per heavy atom. The molecule has 0 saturated heterocycles. The second-order valence-corrected chi connectivity index (χ2v) is 12.7. The average Bonchev–Trinajstić information content (AvgIpc) is 3.41. The third-order valence-electron chi connectivity index (χ3n) is 9.99. The van der Waals surface area contributed by atoms with Gasteiger partial charge >= 0.3 is 0 Å². The third-order valence-corrected chi connectivity index (χ3v) is 9.99. The fourth-order valence-electron chi connectivity index (χ4n) is 7.38. The minimum absolute atomic E-state index is 0.406. The van der Waals surface area contributed by atoms with Crippen molar-refractivity contribution in [1.82, 2.24) is 4.57 Å². The fraction of sp³-hybridized carbons (Fsp3) is 0.111. The molecule has 0 aliphatic rings. The highest BCUT2D eigenvalue weighted by molar-refractivity contribution is 6.17. The molecule has 0 saturated carbocycles. The van der Waals surface area contributed by atoms with E-state index in [0.717, 1.165) is 6.42 Å². The zero-order chi connectivity index (χ0) is 31.0. The van der Waals surface area contributed by atoms with Gasteiger partial charge in [0.1, 0.15) is 0 Å². The smallest absolute Gasteiger partial charge is 0.0495 e. The van der Waals surface area contributed by atoms with Crippen molar-refractivity contribution >= 4 is 32.6 Å². The minimum Gasteiger partial charge on any atom is -0.344 e. The van der Waals surface area contributed by atoms with E-state index < -0.39 is 0 Å². The summed E-state index contributed by atoms with van der Waals surface area (Å²) in [6, 6.07) is 60.3. The van der Waals surface area contributed by atoms with Gasteiger partial charge in [-0.15, -0.1) is 0 Å². The number of benzene rings is 7. The van der Waals surface area contributed by atoms with E-state index in [0.29, 0.717) is 11.8 Å². The summed E-state index contributed by atoms with van der Waals surface area (Å²) in [4.78, 5) is 0. The summed E-state index contributed by atoms with van der Waals surface area (Å²) in [5.74, 6) is 0.823. The molecule has 8 rings (SSSR count). The van der Waals surface area contributed by atoms with Gasteiger partial charge in [0.05, 0.1) is 0 Å². The Bertz CT molecular complexity index is 2280. The van der Waals surface area contributed by atoms with Crippen LogP contribution in [0.3, 0.4) is 0 Å². The number of aryl methyl sites for hydroxylation is 1. The van der Waals surface area contributed by atoms with Crippen LogP contribution in [0.4, 0.5) is 0 Å². The lowest BCUT2D eigenvalue weighted by Crippen LogP contribution is -2.11. The molecule has 1 aromatic heterocycles. The number of hydrogen-bond donors (Lipinski definition) is 0. The molecule has 0 N–H and O–H groups in total. The second kappa shape index (κ2) is 11.8. The Labute approximate surface area is 271 Å². The van der Waals surface area contributed by atoms with Crippen LogP contribution in [0, 0.1) is 0 Å². The Hall–Kier alpha value is -5.40. The molecular weight excluding hydrogens is 555 g/mol. The molecule has 2 unspecified atom stereocenters. The van der Waals surface area contributed by atoms with Crippen molar-refractivity contribution < 1.29 is 0 Å². The third kappa shape index (κ3) is 5.08. The van der Waals surface area contributed by atoms with E-state index in [1.165, 1.54) is 71.5 Å². The summed E-state index contributed by atoms with van der Waals surface area (Å²) in [5.41, 5.74) is 11.7. The molecule has 0 radical (unpaired) electrons. The molecule has 8 aromatic rings. The van der Waals surface area contributed by atoms with Crippen molar-refractivity contribution in [3.63, 3.8) is 0 Å². The van der Waals surface area contributed by atoms with Crippen LogP contribution in [0.2, 0.25) is 0 Å². The maximum Gasteiger partial charge on any atom is 0.0495 e. The Balaban J connectivity index is 1.09. The van der Waals surface area contributed by atoms with Crippen LogP contribution < -0.4 is 0 Å². The second-order valence-electron chi connectivity index (χ2n) is 12.7. The molecular formula is C45H37N. The van der Waals surface area contributed by atoms with E-state index in [1.54, 1.807) is 0 Å². The maximum atomic E-state index is 2.36. The number of aromatic nitrogens is 1. The van der Waals surface area contributed by atoms with E-state index >= 15 is 0 Å². The molecule has 0 spiro atoms.